The zero-order valence-electron chi connectivity index (χ0n) is 17.5. The van der Waals surface area contributed by atoms with E-state index in [1.165, 1.54) is 24.3 Å². The van der Waals surface area contributed by atoms with E-state index in [9.17, 15) is 22.0 Å². The first-order chi connectivity index (χ1) is 15.2. The predicted octanol–water partition coefficient (Wildman–Crippen LogP) is 3.80. The van der Waals surface area contributed by atoms with Gasteiger partial charge in [0.2, 0.25) is 0 Å². The van der Waals surface area contributed by atoms with Gasteiger partial charge >= 0.3 is 0 Å². The van der Waals surface area contributed by atoms with Crippen LogP contribution in [0.25, 0.3) is 0 Å². The van der Waals surface area contributed by atoms with Crippen molar-refractivity contribution in [3.05, 3.63) is 95.6 Å². The Labute approximate surface area is 185 Å². The first kappa shape index (κ1) is 23.4. The van der Waals surface area contributed by atoms with Crippen LogP contribution >= 0.6 is 0 Å². The summed E-state index contributed by atoms with van der Waals surface area (Å²) in [7, 11) is -0.401. The van der Waals surface area contributed by atoms with E-state index < -0.39 is 21.7 Å². The summed E-state index contributed by atoms with van der Waals surface area (Å²) >= 11 is 0. The van der Waals surface area contributed by atoms with Crippen LogP contribution in [0, 0.1) is 11.6 Å². The molecule has 0 saturated carbocycles. The molecule has 3 rings (SSSR count). The average Bonchev–Trinajstić information content (AvgIpc) is 2.74. The van der Waals surface area contributed by atoms with Crippen LogP contribution in [0.4, 0.5) is 14.5 Å². The highest BCUT2D eigenvalue weighted by atomic mass is 32.2. The Morgan fingerprint density at radius 2 is 1.62 bits per heavy atom. The van der Waals surface area contributed by atoms with Gasteiger partial charge in [0.1, 0.15) is 11.6 Å². The summed E-state index contributed by atoms with van der Waals surface area (Å²) < 4.78 is 54.5. The molecule has 2 N–H and O–H groups in total. The maximum absolute atomic E-state index is 13.6. The second-order valence-electron chi connectivity index (χ2n) is 7.35. The topological polar surface area (TPSA) is 78.5 Å². The van der Waals surface area contributed by atoms with Gasteiger partial charge in [-0.1, -0.05) is 24.3 Å². The number of nitrogens with one attached hydrogen (secondary N) is 2. The van der Waals surface area contributed by atoms with E-state index in [4.69, 9.17) is 0 Å². The molecule has 1 amide bonds. The van der Waals surface area contributed by atoms with E-state index >= 15 is 0 Å². The van der Waals surface area contributed by atoms with Crippen molar-refractivity contribution in [2.75, 3.05) is 25.4 Å². The Morgan fingerprint density at radius 1 is 0.938 bits per heavy atom. The van der Waals surface area contributed by atoms with Crippen molar-refractivity contribution >= 4 is 21.6 Å². The van der Waals surface area contributed by atoms with E-state index in [2.05, 4.69) is 10.0 Å². The smallest absolute Gasteiger partial charge is 0.261 e. The summed E-state index contributed by atoms with van der Waals surface area (Å²) in [6, 6.07) is 16.3. The normalized spacial score (nSPS) is 12.4. The lowest BCUT2D eigenvalue weighted by atomic mass is 10.1. The molecule has 0 aliphatic rings. The van der Waals surface area contributed by atoms with E-state index in [0.29, 0.717) is 5.56 Å². The lowest BCUT2D eigenvalue weighted by molar-refractivity contribution is 0.0943. The first-order valence-electron chi connectivity index (χ1n) is 9.75. The lowest BCUT2D eigenvalue weighted by Crippen LogP contribution is -2.35. The van der Waals surface area contributed by atoms with E-state index in [1.54, 1.807) is 24.3 Å². The number of sulfonamides is 1. The van der Waals surface area contributed by atoms with Gasteiger partial charge in [0.15, 0.2) is 0 Å². The van der Waals surface area contributed by atoms with E-state index in [1.807, 2.05) is 19.0 Å². The van der Waals surface area contributed by atoms with Crippen molar-refractivity contribution in [3.8, 4) is 0 Å². The van der Waals surface area contributed by atoms with Gasteiger partial charge in [0.25, 0.3) is 15.9 Å². The summed E-state index contributed by atoms with van der Waals surface area (Å²) in [5, 5.41) is 2.78. The van der Waals surface area contributed by atoms with Crippen molar-refractivity contribution in [1.82, 2.24) is 10.2 Å². The van der Waals surface area contributed by atoms with Crippen LogP contribution in [0.1, 0.15) is 22.0 Å². The monoisotopic (exact) mass is 459 g/mol. The summed E-state index contributed by atoms with van der Waals surface area (Å²) in [5.41, 5.74) is 0.900. The number of benzene rings is 3. The molecule has 0 spiro atoms. The van der Waals surface area contributed by atoms with Crippen LogP contribution in [0.2, 0.25) is 0 Å². The molecule has 0 aliphatic heterocycles. The number of halogens is 2. The minimum atomic E-state index is -4.03. The van der Waals surface area contributed by atoms with Gasteiger partial charge in [0.05, 0.1) is 22.2 Å². The molecule has 0 aliphatic carbocycles. The van der Waals surface area contributed by atoms with Gasteiger partial charge in [-0.3, -0.25) is 9.52 Å². The number of rotatable bonds is 8. The maximum Gasteiger partial charge on any atom is 0.261 e. The van der Waals surface area contributed by atoms with Gasteiger partial charge in [-0.2, -0.15) is 0 Å². The van der Waals surface area contributed by atoms with E-state index in [0.717, 1.165) is 24.3 Å². The van der Waals surface area contributed by atoms with Crippen LogP contribution in [0.15, 0.2) is 77.7 Å². The van der Waals surface area contributed by atoms with Crippen LogP contribution in [0.5, 0.6) is 0 Å². The fourth-order valence-corrected chi connectivity index (χ4v) is 4.26. The molecule has 0 bridgehead atoms. The molecule has 1 unspecified atom stereocenters. The second-order valence-corrected chi connectivity index (χ2v) is 9.03. The van der Waals surface area contributed by atoms with Crippen molar-refractivity contribution < 1.29 is 22.0 Å². The van der Waals surface area contributed by atoms with Crippen LogP contribution in [0.3, 0.4) is 0 Å². The number of likely N-dealkylation sites (N-methyl/N-ethyl adjacent to an activating group) is 1. The van der Waals surface area contributed by atoms with Gasteiger partial charge in [-0.15, -0.1) is 0 Å². The fraction of sp³-hybridized carbons (Fsp3) is 0.174. The Morgan fingerprint density at radius 3 is 2.28 bits per heavy atom. The molecule has 3 aromatic carbocycles. The molecule has 32 heavy (non-hydrogen) atoms. The predicted molar refractivity (Wildman–Crippen MR) is 119 cm³/mol. The van der Waals surface area contributed by atoms with Crippen LogP contribution in [-0.2, 0) is 10.0 Å². The zero-order chi connectivity index (χ0) is 23.3. The Bertz CT molecular complexity index is 1200. The Kier molecular flexibility index (Phi) is 7.22. The van der Waals surface area contributed by atoms with Crippen LogP contribution in [-0.4, -0.2) is 39.9 Å². The summed E-state index contributed by atoms with van der Waals surface area (Å²) in [6.07, 6.45) is 0. The molecule has 168 valence electrons. The Balaban J connectivity index is 1.78. The minimum Gasteiger partial charge on any atom is -0.350 e. The maximum atomic E-state index is 13.6. The molecular formula is C23H23F2N3O3S. The second kappa shape index (κ2) is 9.88. The molecule has 9 heteroatoms. The third kappa shape index (κ3) is 5.68. The number of carbonyl (C=O) groups is 1. The highest BCUT2D eigenvalue weighted by Crippen LogP contribution is 2.22. The summed E-state index contributed by atoms with van der Waals surface area (Å²) in [4.78, 5) is 14.6. The number of carbonyl (C=O) groups excluding carboxylic acids is 1. The van der Waals surface area contributed by atoms with Crippen molar-refractivity contribution in [3.63, 3.8) is 0 Å². The average molecular weight is 460 g/mol. The van der Waals surface area contributed by atoms with Crippen molar-refractivity contribution in [2.45, 2.75) is 10.9 Å². The number of hydrogen-bond donors (Lipinski definition) is 2. The van der Waals surface area contributed by atoms with Gasteiger partial charge in [-0.05, 0) is 68.2 Å². The fourth-order valence-electron chi connectivity index (χ4n) is 3.18. The van der Waals surface area contributed by atoms with Crippen molar-refractivity contribution in [1.29, 1.82) is 0 Å². The third-order valence-corrected chi connectivity index (χ3v) is 6.23. The number of para-hydroxylation sites is 1. The molecule has 1 atom stereocenters. The standard InChI is InChI=1S/C23H23F2N3O3S/c1-28(2)22(16-6-5-7-18(25)14-16)15-26-23(29)20-8-3-4-9-21(20)27-32(30,31)19-12-10-17(24)11-13-19/h3-14,22,27H,15H2,1-2H3,(H,26,29). The van der Waals surface area contributed by atoms with Gasteiger partial charge in [0, 0.05) is 6.54 Å². The molecule has 0 saturated heterocycles. The largest absolute Gasteiger partial charge is 0.350 e. The molecule has 6 nitrogen and oxygen atoms in total. The zero-order valence-corrected chi connectivity index (χ0v) is 18.4. The SMILES string of the molecule is CN(C)C(CNC(=O)c1ccccc1NS(=O)(=O)c1ccc(F)cc1)c1cccc(F)c1. The van der Waals surface area contributed by atoms with Crippen LogP contribution < -0.4 is 10.0 Å². The molecule has 0 radical (unpaired) electrons. The van der Waals surface area contributed by atoms with Gasteiger partial charge in [-0.25, -0.2) is 17.2 Å². The molecule has 0 heterocycles. The molecular weight excluding hydrogens is 436 g/mol. The minimum absolute atomic E-state index is 0.0847. The highest BCUT2D eigenvalue weighted by molar-refractivity contribution is 7.92. The molecule has 0 aromatic heterocycles. The summed E-state index contributed by atoms with van der Waals surface area (Å²) in [5.74, 6) is -1.43. The van der Waals surface area contributed by atoms with Gasteiger partial charge < -0.3 is 10.2 Å². The number of hydrogen-bond acceptors (Lipinski definition) is 4. The first-order valence-corrected chi connectivity index (χ1v) is 11.2. The molecule has 3 aromatic rings. The quantitative estimate of drug-likeness (QED) is 0.537. The highest BCUT2D eigenvalue weighted by Gasteiger charge is 2.21. The van der Waals surface area contributed by atoms with E-state index in [-0.39, 0.29) is 34.6 Å². The van der Waals surface area contributed by atoms with Crippen molar-refractivity contribution in [2.24, 2.45) is 0 Å². The number of anilines is 1. The molecule has 0 fully saturated rings. The number of amides is 1. The summed E-state index contributed by atoms with van der Waals surface area (Å²) in [6.45, 7) is 0.175. The lowest BCUT2D eigenvalue weighted by Gasteiger charge is -2.25. The number of nitrogens with zero attached hydrogens (tertiary/aromatic N) is 1. The Hall–Kier alpha value is -3.30. The third-order valence-electron chi connectivity index (χ3n) is 4.85.